The Morgan fingerprint density at radius 1 is 1.41 bits per heavy atom. The molecule has 22 heavy (non-hydrogen) atoms. The van der Waals surface area contributed by atoms with E-state index in [1.807, 2.05) is 17.0 Å². The van der Waals surface area contributed by atoms with Gasteiger partial charge in [0.15, 0.2) is 0 Å². The maximum atomic E-state index is 13.2. The second-order valence-corrected chi connectivity index (χ2v) is 6.62. The molecule has 3 heterocycles. The zero-order valence-corrected chi connectivity index (χ0v) is 12.9. The summed E-state index contributed by atoms with van der Waals surface area (Å²) in [4.78, 5) is 15.2. The first kappa shape index (κ1) is 14.0. The predicted octanol–water partition coefficient (Wildman–Crippen LogP) is 1.16. The molecule has 3 aliphatic rings. The molecular formula is C17H22N2O3. The van der Waals surface area contributed by atoms with Gasteiger partial charge in [-0.3, -0.25) is 4.79 Å². The van der Waals surface area contributed by atoms with Crippen LogP contribution >= 0.6 is 0 Å². The van der Waals surface area contributed by atoms with Crippen molar-refractivity contribution in [3.8, 4) is 5.75 Å². The van der Waals surface area contributed by atoms with E-state index in [0.717, 1.165) is 31.9 Å². The molecule has 118 valence electrons. The fraction of sp³-hybridized carbons (Fsp3) is 0.588. The molecule has 5 heteroatoms. The minimum absolute atomic E-state index is 0.248. The first-order valence-electron chi connectivity index (χ1n) is 7.96. The number of hydrogen-bond donors (Lipinski definition) is 1. The first-order chi connectivity index (χ1) is 10.7. The molecule has 0 unspecified atom stereocenters. The van der Waals surface area contributed by atoms with Crippen molar-refractivity contribution in [3.05, 3.63) is 29.3 Å². The van der Waals surface area contributed by atoms with Gasteiger partial charge >= 0.3 is 0 Å². The van der Waals surface area contributed by atoms with Crippen LogP contribution in [-0.2, 0) is 22.6 Å². The Bertz CT molecular complexity index is 604. The third-order valence-corrected chi connectivity index (χ3v) is 5.43. The van der Waals surface area contributed by atoms with Crippen molar-refractivity contribution in [3.63, 3.8) is 0 Å². The lowest BCUT2D eigenvalue weighted by Crippen LogP contribution is -2.51. The number of fused-ring (bicyclic) bond motifs is 2. The Morgan fingerprint density at radius 2 is 2.27 bits per heavy atom. The lowest BCUT2D eigenvalue weighted by molar-refractivity contribution is -0.153. The summed E-state index contributed by atoms with van der Waals surface area (Å²) in [6, 6.07) is 6.08. The number of carbonyl (C=O) groups is 1. The quantitative estimate of drug-likeness (QED) is 0.891. The molecule has 3 aliphatic heterocycles. The van der Waals surface area contributed by atoms with Crippen LogP contribution in [0.5, 0.6) is 5.75 Å². The molecule has 0 aliphatic carbocycles. The Hall–Kier alpha value is -1.59. The van der Waals surface area contributed by atoms with E-state index in [4.69, 9.17) is 9.47 Å². The van der Waals surface area contributed by atoms with Gasteiger partial charge in [-0.15, -0.1) is 0 Å². The van der Waals surface area contributed by atoms with Gasteiger partial charge in [0.25, 0.3) is 0 Å². The van der Waals surface area contributed by atoms with Gasteiger partial charge < -0.3 is 19.7 Å². The van der Waals surface area contributed by atoms with Crippen molar-refractivity contribution in [1.29, 1.82) is 0 Å². The molecule has 2 fully saturated rings. The monoisotopic (exact) mass is 302 g/mol. The van der Waals surface area contributed by atoms with Crippen LogP contribution in [0.15, 0.2) is 18.2 Å². The van der Waals surface area contributed by atoms with E-state index in [-0.39, 0.29) is 11.3 Å². The maximum absolute atomic E-state index is 13.2. The van der Waals surface area contributed by atoms with Gasteiger partial charge in [-0.1, -0.05) is 6.07 Å². The van der Waals surface area contributed by atoms with Crippen LogP contribution < -0.4 is 10.1 Å². The normalized spacial score (nSPS) is 30.0. The van der Waals surface area contributed by atoms with Crippen molar-refractivity contribution < 1.29 is 14.3 Å². The number of nitrogens with zero attached hydrogens (tertiary/aromatic N) is 1. The van der Waals surface area contributed by atoms with Gasteiger partial charge in [0.2, 0.25) is 5.91 Å². The van der Waals surface area contributed by atoms with E-state index in [2.05, 4.69) is 11.4 Å². The van der Waals surface area contributed by atoms with E-state index >= 15 is 0 Å². The van der Waals surface area contributed by atoms with Gasteiger partial charge in [0.05, 0.1) is 19.1 Å². The van der Waals surface area contributed by atoms with Crippen LogP contribution in [0, 0.1) is 11.3 Å². The Morgan fingerprint density at radius 3 is 3.14 bits per heavy atom. The fourth-order valence-electron chi connectivity index (χ4n) is 4.10. The zero-order chi connectivity index (χ0) is 15.2. The average Bonchev–Trinajstić information content (AvgIpc) is 3.17. The number of benzene rings is 1. The summed E-state index contributed by atoms with van der Waals surface area (Å²) in [5, 5.41) is 3.40. The minimum Gasteiger partial charge on any atom is -0.497 e. The molecule has 0 saturated carbocycles. The van der Waals surface area contributed by atoms with Gasteiger partial charge in [-0.05, 0) is 42.1 Å². The van der Waals surface area contributed by atoms with E-state index in [0.29, 0.717) is 25.6 Å². The summed E-state index contributed by atoms with van der Waals surface area (Å²) >= 11 is 0. The van der Waals surface area contributed by atoms with E-state index < -0.39 is 0 Å². The van der Waals surface area contributed by atoms with Crippen LogP contribution in [0.1, 0.15) is 17.5 Å². The largest absolute Gasteiger partial charge is 0.497 e. The SMILES string of the molecule is COc1ccc2c(c1)CN(C(=O)[C@]13CNC[C@H]1CCOC3)C2. The van der Waals surface area contributed by atoms with Crippen molar-refractivity contribution in [2.24, 2.45) is 11.3 Å². The van der Waals surface area contributed by atoms with Crippen LogP contribution in [0.3, 0.4) is 0 Å². The van der Waals surface area contributed by atoms with Crippen LogP contribution in [0.25, 0.3) is 0 Å². The molecule has 0 aromatic heterocycles. The van der Waals surface area contributed by atoms with Crippen LogP contribution in [-0.4, -0.2) is 44.2 Å². The Labute approximate surface area is 130 Å². The molecule has 0 radical (unpaired) electrons. The molecule has 1 aromatic rings. The van der Waals surface area contributed by atoms with Gasteiger partial charge in [0.1, 0.15) is 5.75 Å². The highest BCUT2D eigenvalue weighted by Crippen LogP contribution is 2.41. The minimum atomic E-state index is -0.357. The van der Waals surface area contributed by atoms with Gasteiger partial charge in [-0.25, -0.2) is 0 Å². The topological polar surface area (TPSA) is 50.8 Å². The number of ether oxygens (including phenoxy) is 2. The maximum Gasteiger partial charge on any atom is 0.233 e. The van der Waals surface area contributed by atoms with Crippen molar-refractivity contribution in [1.82, 2.24) is 10.2 Å². The molecule has 1 N–H and O–H groups in total. The van der Waals surface area contributed by atoms with Gasteiger partial charge in [0, 0.05) is 26.2 Å². The molecule has 2 saturated heterocycles. The Balaban J connectivity index is 1.57. The molecule has 0 bridgehead atoms. The number of nitrogens with one attached hydrogen (secondary N) is 1. The van der Waals surface area contributed by atoms with Crippen molar-refractivity contribution in [2.75, 3.05) is 33.4 Å². The highest BCUT2D eigenvalue weighted by atomic mass is 16.5. The van der Waals surface area contributed by atoms with E-state index in [1.165, 1.54) is 11.1 Å². The highest BCUT2D eigenvalue weighted by Gasteiger charge is 2.52. The molecular weight excluding hydrogens is 280 g/mol. The Kier molecular flexibility index (Phi) is 3.35. The van der Waals surface area contributed by atoms with Crippen LogP contribution in [0.4, 0.5) is 0 Å². The molecule has 1 aromatic carbocycles. The molecule has 5 nitrogen and oxygen atoms in total. The summed E-state index contributed by atoms with van der Waals surface area (Å²) in [7, 11) is 1.67. The zero-order valence-electron chi connectivity index (χ0n) is 12.9. The smallest absolute Gasteiger partial charge is 0.233 e. The molecule has 4 rings (SSSR count). The van der Waals surface area contributed by atoms with Crippen molar-refractivity contribution in [2.45, 2.75) is 19.5 Å². The lowest BCUT2D eigenvalue weighted by Gasteiger charge is -2.39. The number of hydrogen-bond acceptors (Lipinski definition) is 4. The lowest BCUT2D eigenvalue weighted by atomic mass is 9.74. The van der Waals surface area contributed by atoms with Crippen LogP contribution in [0.2, 0.25) is 0 Å². The summed E-state index contributed by atoms with van der Waals surface area (Å²) in [6.45, 7) is 4.39. The number of amides is 1. The number of rotatable bonds is 2. The third kappa shape index (κ3) is 2.03. The second kappa shape index (κ2) is 5.25. The van der Waals surface area contributed by atoms with Crippen molar-refractivity contribution >= 4 is 5.91 Å². The fourth-order valence-corrected chi connectivity index (χ4v) is 4.10. The molecule has 0 spiro atoms. The average molecular weight is 302 g/mol. The predicted molar refractivity (Wildman–Crippen MR) is 81.5 cm³/mol. The highest BCUT2D eigenvalue weighted by molar-refractivity contribution is 5.84. The standard InChI is InChI=1S/C17H22N2O3/c1-21-15-3-2-12-8-19(9-13(12)6-15)16(20)17-10-18-7-14(17)4-5-22-11-17/h2-3,6,14,18H,4-5,7-11H2,1H3/t14-,17+/m1/s1. The summed E-state index contributed by atoms with van der Waals surface area (Å²) in [5.41, 5.74) is 2.07. The second-order valence-electron chi connectivity index (χ2n) is 6.62. The summed E-state index contributed by atoms with van der Waals surface area (Å²) in [6.07, 6.45) is 0.980. The summed E-state index contributed by atoms with van der Waals surface area (Å²) < 4.78 is 11.0. The summed E-state index contributed by atoms with van der Waals surface area (Å²) in [5.74, 6) is 1.51. The number of carbonyl (C=O) groups excluding carboxylic acids is 1. The van der Waals surface area contributed by atoms with E-state index in [1.54, 1.807) is 7.11 Å². The molecule has 2 atom stereocenters. The molecule has 1 amide bonds. The first-order valence-corrected chi connectivity index (χ1v) is 7.96. The van der Waals surface area contributed by atoms with Gasteiger partial charge in [-0.2, -0.15) is 0 Å². The van der Waals surface area contributed by atoms with E-state index in [9.17, 15) is 4.79 Å². The number of methoxy groups -OCH3 is 1. The third-order valence-electron chi connectivity index (χ3n) is 5.43.